The van der Waals surface area contributed by atoms with Gasteiger partial charge in [0.05, 0.1) is 5.54 Å². The summed E-state index contributed by atoms with van der Waals surface area (Å²) in [5.74, 6) is 0. The fraction of sp³-hybridized carbons (Fsp3) is 0.667. The highest BCUT2D eigenvalue weighted by Crippen LogP contribution is 2.41. The van der Waals surface area contributed by atoms with Crippen LogP contribution >= 0.6 is 0 Å². The van der Waals surface area contributed by atoms with Gasteiger partial charge in [0.25, 0.3) is 0 Å². The van der Waals surface area contributed by atoms with Crippen molar-refractivity contribution in [2.45, 2.75) is 57.7 Å². The summed E-state index contributed by atoms with van der Waals surface area (Å²) in [6.45, 7) is 8.57. The Morgan fingerprint density at radius 1 is 1.33 bits per heavy atom. The summed E-state index contributed by atoms with van der Waals surface area (Å²) in [7, 11) is 2.23. The average molecular weight is 287 g/mol. The van der Waals surface area contributed by atoms with E-state index in [-0.39, 0.29) is 5.54 Å². The molecule has 2 atom stereocenters. The second-order valence-electron chi connectivity index (χ2n) is 7.23. The zero-order chi connectivity index (χ0) is 15.2. The highest BCUT2D eigenvalue weighted by molar-refractivity contribution is 5.56. The summed E-state index contributed by atoms with van der Waals surface area (Å²) in [4.78, 5) is 5.15. The summed E-state index contributed by atoms with van der Waals surface area (Å²) in [5, 5.41) is 0. The summed E-state index contributed by atoms with van der Waals surface area (Å²) in [5.41, 5.74) is 10.4. The van der Waals surface area contributed by atoms with Crippen molar-refractivity contribution in [1.82, 2.24) is 4.90 Å². The Morgan fingerprint density at radius 2 is 2.05 bits per heavy atom. The Kier molecular flexibility index (Phi) is 3.74. The molecule has 2 aliphatic rings. The largest absolute Gasteiger partial charge is 0.366 e. The first-order valence-electron chi connectivity index (χ1n) is 8.24. The quantitative estimate of drug-likeness (QED) is 0.924. The molecule has 2 N–H and O–H groups in total. The van der Waals surface area contributed by atoms with E-state index < -0.39 is 0 Å². The smallest absolute Gasteiger partial charge is 0.0662 e. The lowest BCUT2D eigenvalue weighted by Crippen LogP contribution is -2.54. The van der Waals surface area contributed by atoms with Crippen LogP contribution in [0, 0.1) is 13.8 Å². The molecule has 3 nitrogen and oxygen atoms in total. The summed E-state index contributed by atoms with van der Waals surface area (Å²) >= 11 is 0. The molecule has 1 saturated carbocycles. The highest BCUT2D eigenvalue weighted by atomic mass is 15.3. The molecule has 0 amide bonds. The third-order valence-electron chi connectivity index (χ3n) is 5.54. The molecule has 0 aromatic heterocycles. The maximum absolute atomic E-state index is 6.26. The third-order valence-corrected chi connectivity index (χ3v) is 5.54. The van der Waals surface area contributed by atoms with E-state index in [1.54, 1.807) is 0 Å². The standard InChI is InChI=1S/C18H29N3/c1-13-5-8-17(14(2)9-13)20(4)18(11-19)10-15(3)21(12-18)16-6-7-16/h5,8-9,15-16H,6-7,10-12,19H2,1-4H3. The fourth-order valence-electron chi connectivity index (χ4n) is 4.09. The normalized spacial score (nSPS) is 29.9. The number of nitrogens with two attached hydrogens (primary N) is 1. The second-order valence-corrected chi connectivity index (χ2v) is 7.23. The van der Waals surface area contributed by atoms with Crippen molar-refractivity contribution < 1.29 is 0 Å². The molecule has 1 saturated heterocycles. The third kappa shape index (κ3) is 2.58. The number of hydrogen-bond donors (Lipinski definition) is 1. The van der Waals surface area contributed by atoms with Gasteiger partial charge in [0.1, 0.15) is 0 Å². The van der Waals surface area contributed by atoms with E-state index in [9.17, 15) is 0 Å². The first-order valence-corrected chi connectivity index (χ1v) is 8.24. The maximum Gasteiger partial charge on any atom is 0.0662 e. The van der Waals surface area contributed by atoms with E-state index in [0.717, 1.165) is 19.1 Å². The Labute approximate surface area is 129 Å². The van der Waals surface area contributed by atoms with Gasteiger partial charge in [-0.05, 0) is 51.7 Å². The second kappa shape index (κ2) is 5.29. The number of rotatable bonds is 4. The van der Waals surface area contributed by atoms with Gasteiger partial charge in [0.15, 0.2) is 0 Å². The van der Waals surface area contributed by atoms with Crippen molar-refractivity contribution in [3.05, 3.63) is 29.3 Å². The molecule has 3 rings (SSSR count). The summed E-state index contributed by atoms with van der Waals surface area (Å²) in [6, 6.07) is 8.20. The van der Waals surface area contributed by atoms with Crippen LogP contribution in [-0.4, -0.2) is 42.7 Å². The molecule has 1 aliphatic carbocycles. The molecule has 21 heavy (non-hydrogen) atoms. The van der Waals surface area contributed by atoms with E-state index in [1.165, 1.54) is 36.1 Å². The first-order chi connectivity index (χ1) is 9.97. The maximum atomic E-state index is 6.26. The summed E-state index contributed by atoms with van der Waals surface area (Å²) < 4.78 is 0. The van der Waals surface area contributed by atoms with E-state index in [2.05, 4.69) is 55.8 Å². The van der Waals surface area contributed by atoms with Crippen LogP contribution in [0.15, 0.2) is 18.2 Å². The molecule has 116 valence electrons. The van der Waals surface area contributed by atoms with Crippen molar-refractivity contribution in [3.63, 3.8) is 0 Å². The molecular formula is C18H29N3. The van der Waals surface area contributed by atoms with Crippen LogP contribution in [0.1, 0.15) is 37.3 Å². The van der Waals surface area contributed by atoms with Crippen LogP contribution in [0.25, 0.3) is 0 Å². The van der Waals surface area contributed by atoms with Gasteiger partial charge in [0, 0.05) is 37.9 Å². The van der Waals surface area contributed by atoms with E-state index >= 15 is 0 Å². The number of hydrogen-bond acceptors (Lipinski definition) is 3. The predicted molar refractivity (Wildman–Crippen MR) is 89.9 cm³/mol. The van der Waals surface area contributed by atoms with Gasteiger partial charge >= 0.3 is 0 Å². The molecule has 1 aliphatic heterocycles. The van der Waals surface area contributed by atoms with Crippen LogP contribution in [0.5, 0.6) is 0 Å². The van der Waals surface area contributed by atoms with Crippen LogP contribution in [0.2, 0.25) is 0 Å². The lowest BCUT2D eigenvalue weighted by molar-refractivity contribution is 0.249. The predicted octanol–water partition coefficient (Wildman–Crippen LogP) is 2.69. The van der Waals surface area contributed by atoms with Gasteiger partial charge in [-0.3, -0.25) is 4.90 Å². The number of nitrogens with zero attached hydrogens (tertiary/aromatic N) is 2. The van der Waals surface area contributed by atoms with Crippen molar-refractivity contribution in [3.8, 4) is 0 Å². The van der Waals surface area contributed by atoms with Crippen molar-refractivity contribution >= 4 is 5.69 Å². The van der Waals surface area contributed by atoms with Gasteiger partial charge in [-0.25, -0.2) is 0 Å². The van der Waals surface area contributed by atoms with Gasteiger partial charge in [0.2, 0.25) is 0 Å². The highest BCUT2D eigenvalue weighted by Gasteiger charge is 2.48. The van der Waals surface area contributed by atoms with Crippen LogP contribution < -0.4 is 10.6 Å². The number of benzene rings is 1. The minimum Gasteiger partial charge on any atom is -0.366 e. The van der Waals surface area contributed by atoms with Gasteiger partial charge < -0.3 is 10.6 Å². The zero-order valence-corrected chi connectivity index (χ0v) is 13.9. The van der Waals surface area contributed by atoms with Crippen molar-refractivity contribution in [2.24, 2.45) is 5.73 Å². The molecule has 2 unspecified atom stereocenters. The zero-order valence-electron chi connectivity index (χ0n) is 13.9. The Hall–Kier alpha value is -1.06. The molecule has 2 fully saturated rings. The minimum absolute atomic E-state index is 0.0853. The molecule has 0 radical (unpaired) electrons. The van der Waals surface area contributed by atoms with Crippen molar-refractivity contribution in [1.29, 1.82) is 0 Å². The van der Waals surface area contributed by atoms with Gasteiger partial charge in [-0.15, -0.1) is 0 Å². The van der Waals surface area contributed by atoms with Gasteiger partial charge in [-0.2, -0.15) is 0 Å². The van der Waals surface area contributed by atoms with Crippen LogP contribution in [0.3, 0.4) is 0 Å². The van der Waals surface area contributed by atoms with E-state index in [1.807, 2.05) is 0 Å². The monoisotopic (exact) mass is 287 g/mol. The molecule has 1 aromatic rings. The fourth-order valence-corrected chi connectivity index (χ4v) is 4.09. The van der Waals surface area contributed by atoms with E-state index in [0.29, 0.717) is 6.04 Å². The molecule has 0 bridgehead atoms. The van der Waals surface area contributed by atoms with Crippen molar-refractivity contribution in [2.75, 3.05) is 25.0 Å². The number of aryl methyl sites for hydroxylation is 2. The Bertz CT molecular complexity index is 523. The average Bonchev–Trinajstić information content (AvgIpc) is 3.22. The topological polar surface area (TPSA) is 32.5 Å². The number of likely N-dealkylation sites (N-methyl/N-ethyl adjacent to an activating group) is 1. The molecular weight excluding hydrogens is 258 g/mol. The number of likely N-dealkylation sites (tertiary alicyclic amines) is 1. The Balaban J connectivity index is 1.88. The first kappa shape index (κ1) is 14.9. The molecule has 1 aromatic carbocycles. The van der Waals surface area contributed by atoms with Crippen LogP contribution in [-0.2, 0) is 0 Å². The molecule has 0 spiro atoms. The van der Waals surface area contributed by atoms with Crippen LogP contribution in [0.4, 0.5) is 5.69 Å². The van der Waals surface area contributed by atoms with E-state index in [4.69, 9.17) is 5.73 Å². The van der Waals surface area contributed by atoms with Gasteiger partial charge in [-0.1, -0.05) is 17.7 Å². The SMILES string of the molecule is Cc1ccc(N(C)C2(CN)CC(C)N(C3CC3)C2)c(C)c1. The number of anilines is 1. The lowest BCUT2D eigenvalue weighted by Gasteiger charge is -2.40. The molecule has 3 heteroatoms. The minimum atomic E-state index is 0.0853. The Morgan fingerprint density at radius 3 is 2.62 bits per heavy atom. The molecule has 1 heterocycles. The lowest BCUT2D eigenvalue weighted by atomic mass is 9.93. The summed E-state index contributed by atoms with van der Waals surface area (Å²) in [6.07, 6.45) is 3.92.